The number of methoxy groups -OCH3 is 1. The zero-order valence-electron chi connectivity index (χ0n) is 20.8. The van der Waals surface area contributed by atoms with Gasteiger partial charge in [-0.1, -0.05) is 50.3 Å². The quantitative estimate of drug-likeness (QED) is 0.250. The molecule has 0 saturated carbocycles. The zero-order chi connectivity index (χ0) is 26.1. The monoisotopic (exact) mass is 515 g/mol. The number of anilines is 1. The fraction of sp³-hybridized carbons (Fsp3) is 0.333. The summed E-state index contributed by atoms with van der Waals surface area (Å²) in [5.41, 5.74) is 1.11. The molecular formula is C27H28F3N3O2S. The van der Waals surface area contributed by atoms with Crippen LogP contribution in [0.2, 0.25) is 0 Å². The number of rotatable bonds is 7. The smallest absolute Gasteiger partial charge is 0.417 e. The van der Waals surface area contributed by atoms with Crippen molar-refractivity contribution in [3.8, 4) is 17.4 Å². The summed E-state index contributed by atoms with van der Waals surface area (Å²) in [4.78, 5) is 11.0. The van der Waals surface area contributed by atoms with E-state index in [1.54, 1.807) is 17.4 Å². The summed E-state index contributed by atoms with van der Waals surface area (Å²) in [6, 6.07) is 15.9. The molecule has 0 spiro atoms. The lowest BCUT2D eigenvalue weighted by Gasteiger charge is -2.38. The number of fused-ring (bicyclic) bond motifs is 1. The fourth-order valence-corrected chi connectivity index (χ4v) is 4.68. The van der Waals surface area contributed by atoms with Gasteiger partial charge in [-0.05, 0) is 48.2 Å². The summed E-state index contributed by atoms with van der Waals surface area (Å²) < 4.78 is 50.8. The molecule has 1 unspecified atom stereocenters. The Kier molecular flexibility index (Phi) is 7.13. The highest BCUT2D eigenvalue weighted by molar-refractivity contribution is 7.22. The fourth-order valence-electron chi connectivity index (χ4n) is 3.63. The molecule has 4 aromatic rings. The van der Waals surface area contributed by atoms with Crippen molar-refractivity contribution in [1.29, 1.82) is 0 Å². The third kappa shape index (κ3) is 5.73. The standard InChI is InChI=1S/C27H28F3N3O2S/c1-17(26(2,3)4)33(25-32-20-8-6-7-9-23(20)36-25)16-18-10-12-21(22(14-18)34-5)35-24-13-11-19(15-31-24)27(28,29)30/h6-15,17H,16H2,1-5H3. The van der Waals surface area contributed by atoms with Crippen molar-refractivity contribution >= 4 is 26.7 Å². The maximum Gasteiger partial charge on any atom is 0.417 e. The van der Waals surface area contributed by atoms with Crippen LogP contribution in [0.5, 0.6) is 17.4 Å². The second-order valence-electron chi connectivity index (χ2n) is 9.60. The van der Waals surface area contributed by atoms with Crippen LogP contribution in [0.15, 0.2) is 60.8 Å². The van der Waals surface area contributed by atoms with Gasteiger partial charge >= 0.3 is 6.18 Å². The molecular weight excluding hydrogens is 487 g/mol. The Balaban J connectivity index is 1.61. The Morgan fingerprint density at radius 3 is 2.36 bits per heavy atom. The number of benzene rings is 2. The molecule has 0 radical (unpaired) electrons. The van der Waals surface area contributed by atoms with Crippen molar-refractivity contribution < 1.29 is 22.6 Å². The maximum absolute atomic E-state index is 12.8. The Bertz CT molecular complexity index is 1300. The Morgan fingerprint density at radius 2 is 1.75 bits per heavy atom. The van der Waals surface area contributed by atoms with E-state index in [0.29, 0.717) is 18.0 Å². The largest absolute Gasteiger partial charge is 0.493 e. The van der Waals surface area contributed by atoms with Gasteiger partial charge in [-0.2, -0.15) is 13.2 Å². The van der Waals surface area contributed by atoms with Gasteiger partial charge in [-0.15, -0.1) is 0 Å². The van der Waals surface area contributed by atoms with E-state index < -0.39 is 11.7 Å². The zero-order valence-corrected chi connectivity index (χ0v) is 21.6. The number of aromatic nitrogens is 2. The summed E-state index contributed by atoms with van der Waals surface area (Å²) in [6.45, 7) is 9.39. The van der Waals surface area contributed by atoms with Crippen LogP contribution < -0.4 is 14.4 Å². The van der Waals surface area contributed by atoms with Crippen LogP contribution in [0.1, 0.15) is 38.8 Å². The molecule has 0 saturated heterocycles. The van der Waals surface area contributed by atoms with Gasteiger partial charge in [0, 0.05) is 24.8 Å². The first-order valence-electron chi connectivity index (χ1n) is 11.5. The minimum absolute atomic E-state index is 0.000754. The van der Waals surface area contributed by atoms with Crippen molar-refractivity contribution in [2.24, 2.45) is 5.41 Å². The van der Waals surface area contributed by atoms with E-state index in [1.807, 2.05) is 30.3 Å². The Morgan fingerprint density at radius 1 is 1.00 bits per heavy atom. The second-order valence-corrected chi connectivity index (χ2v) is 10.6. The summed E-state index contributed by atoms with van der Waals surface area (Å²) in [7, 11) is 1.52. The molecule has 5 nitrogen and oxygen atoms in total. The first-order valence-corrected chi connectivity index (χ1v) is 12.3. The predicted molar refractivity (Wildman–Crippen MR) is 137 cm³/mol. The van der Waals surface area contributed by atoms with Crippen molar-refractivity contribution in [3.63, 3.8) is 0 Å². The molecule has 0 N–H and O–H groups in total. The number of para-hydroxylation sites is 1. The van der Waals surface area contributed by atoms with Gasteiger partial charge in [0.15, 0.2) is 16.6 Å². The number of pyridine rings is 1. The van der Waals surface area contributed by atoms with Gasteiger partial charge in [-0.25, -0.2) is 9.97 Å². The topological polar surface area (TPSA) is 47.5 Å². The highest BCUT2D eigenvalue weighted by atomic mass is 32.1. The highest BCUT2D eigenvalue weighted by Crippen LogP contribution is 2.37. The minimum atomic E-state index is -4.45. The first-order chi connectivity index (χ1) is 17.0. The molecule has 190 valence electrons. The van der Waals surface area contributed by atoms with Crippen LogP contribution in [0.25, 0.3) is 10.2 Å². The number of ether oxygens (including phenoxy) is 2. The number of hydrogen-bond donors (Lipinski definition) is 0. The number of nitrogens with zero attached hydrogens (tertiary/aromatic N) is 3. The minimum Gasteiger partial charge on any atom is -0.493 e. The molecule has 2 aromatic carbocycles. The van der Waals surface area contributed by atoms with Gasteiger partial charge in [0.1, 0.15) is 0 Å². The van der Waals surface area contributed by atoms with E-state index in [9.17, 15) is 13.2 Å². The lowest BCUT2D eigenvalue weighted by atomic mass is 9.87. The van der Waals surface area contributed by atoms with Crippen molar-refractivity contribution in [1.82, 2.24) is 9.97 Å². The normalized spacial score (nSPS) is 13.0. The lowest BCUT2D eigenvalue weighted by Crippen LogP contribution is -2.41. The highest BCUT2D eigenvalue weighted by Gasteiger charge is 2.31. The Labute approximate surface area is 212 Å². The average Bonchev–Trinajstić information content (AvgIpc) is 3.26. The molecule has 1 atom stereocenters. The molecule has 2 aromatic heterocycles. The summed E-state index contributed by atoms with van der Waals surface area (Å²) in [5, 5.41) is 0.937. The SMILES string of the molecule is COc1cc(CN(c2nc3ccccc3s2)C(C)C(C)(C)C)ccc1Oc1ccc(C(F)(F)F)cn1. The van der Waals surface area contributed by atoms with E-state index >= 15 is 0 Å². The molecule has 0 aliphatic carbocycles. The van der Waals surface area contributed by atoms with E-state index in [0.717, 1.165) is 33.2 Å². The van der Waals surface area contributed by atoms with Crippen LogP contribution >= 0.6 is 11.3 Å². The molecule has 0 bridgehead atoms. The average molecular weight is 516 g/mol. The van der Waals surface area contributed by atoms with Crippen LogP contribution in [-0.4, -0.2) is 23.1 Å². The van der Waals surface area contributed by atoms with E-state index in [1.165, 1.54) is 13.2 Å². The van der Waals surface area contributed by atoms with Gasteiger partial charge in [0.25, 0.3) is 0 Å². The molecule has 0 amide bonds. The molecule has 0 aliphatic heterocycles. The van der Waals surface area contributed by atoms with Crippen molar-refractivity contribution in [3.05, 3.63) is 71.9 Å². The number of thiazole rings is 1. The van der Waals surface area contributed by atoms with E-state index in [2.05, 4.69) is 43.6 Å². The maximum atomic E-state index is 12.8. The Hall–Kier alpha value is -3.33. The summed E-state index contributed by atoms with van der Waals surface area (Å²) in [6.07, 6.45) is -3.70. The van der Waals surface area contributed by atoms with Gasteiger partial charge in [-0.3, -0.25) is 0 Å². The van der Waals surface area contributed by atoms with Crippen molar-refractivity contribution in [2.45, 2.75) is 46.5 Å². The van der Waals surface area contributed by atoms with E-state index in [-0.39, 0.29) is 17.3 Å². The van der Waals surface area contributed by atoms with Gasteiger partial charge in [0.2, 0.25) is 5.88 Å². The number of hydrogen-bond acceptors (Lipinski definition) is 6. The third-order valence-corrected chi connectivity index (χ3v) is 7.18. The number of alkyl halides is 3. The third-order valence-electron chi connectivity index (χ3n) is 6.11. The molecule has 2 heterocycles. The van der Waals surface area contributed by atoms with Crippen LogP contribution in [0.4, 0.5) is 18.3 Å². The van der Waals surface area contributed by atoms with Crippen molar-refractivity contribution in [2.75, 3.05) is 12.0 Å². The summed E-state index contributed by atoms with van der Waals surface area (Å²) >= 11 is 1.66. The van der Waals surface area contributed by atoms with E-state index in [4.69, 9.17) is 14.5 Å². The predicted octanol–water partition coefficient (Wildman–Crippen LogP) is 7.95. The number of halogens is 3. The molecule has 4 rings (SSSR count). The lowest BCUT2D eigenvalue weighted by molar-refractivity contribution is -0.137. The van der Waals surface area contributed by atoms with Crippen LogP contribution in [0, 0.1) is 5.41 Å². The molecule has 9 heteroatoms. The van der Waals surface area contributed by atoms with Gasteiger partial charge in [0.05, 0.1) is 22.9 Å². The van der Waals surface area contributed by atoms with Crippen LogP contribution in [-0.2, 0) is 12.7 Å². The molecule has 0 fully saturated rings. The first kappa shape index (κ1) is 25.8. The molecule has 0 aliphatic rings. The summed E-state index contributed by atoms with van der Waals surface area (Å²) in [5.74, 6) is 0.872. The molecule has 36 heavy (non-hydrogen) atoms. The van der Waals surface area contributed by atoms with Crippen LogP contribution in [0.3, 0.4) is 0 Å². The second kappa shape index (κ2) is 9.97. The van der Waals surface area contributed by atoms with Gasteiger partial charge < -0.3 is 14.4 Å².